The number of benzene rings is 1. The first-order chi connectivity index (χ1) is 19.7. The zero-order valence-corrected chi connectivity index (χ0v) is 24.3. The lowest BCUT2D eigenvalue weighted by molar-refractivity contribution is -0.133. The van der Waals surface area contributed by atoms with Gasteiger partial charge in [-0.25, -0.2) is 4.79 Å². The van der Waals surface area contributed by atoms with Crippen molar-refractivity contribution in [3.8, 4) is 0 Å². The van der Waals surface area contributed by atoms with Crippen LogP contribution in [0.25, 0.3) is 0 Å². The minimum atomic E-state index is -0.943. The Morgan fingerprint density at radius 1 is 1.10 bits per heavy atom. The molecule has 0 unspecified atom stereocenters. The van der Waals surface area contributed by atoms with Crippen molar-refractivity contribution in [1.29, 1.82) is 0 Å². The summed E-state index contributed by atoms with van der Waals surface area (Å²) in [5.41, 5.74) is 1.60. The molecule has 0 radical (unpaired) electrons. The van der Waals surface area contributed by atoms with E-state index in [1.807, 2.05) is 68.1 Å². The molecule has 0 saturated carbocycles. The maximum Gasteiger partial charge on any atom is 0.407 e. The highest BCUT2D eigenvalue weighted by molar-refractivity contribution is 5.82. The summed E-state index contributed by atoms with van der Waals surface area (Å²) in [6.07, 6.45) is 3.85. The van der Waals surface area contributed by atoms with E-state index < -0.39 is 29.8 Å². The molecule has 2 amide bonds. The molecule has 1 aromatic heterocycles. The lowest BCUT2D eigenvalue weighted by Crippen LogP contribution is -2.59. The van der Waals surface area contributed by atoms with E-state index in [4.69, 9.17) is 14.2 Å². The van der Waals surface area contributed by atoms with Gasteiger partial charge in [0.1, 0.15) is 6.10 Å². The Bertz CT molecular complexity index is 1090. The monoisotopic (exact) mass is 568 g/mol. The van der Waals surface area contributed by atoms with Crippen molar-refractivity contribution in [3.05, 3.63) is 66.0 Å². The number of hydrogen-bond donors (Lipinski definition) is 3. The van der Waals surface area contributed by atoms with Gasteiger partial charge >= 0.3 is 6.09 Å². The van der Waals surface area contributed by atoms with Crippen molar-refractivity contribution in [2.75, 3.05) is 26.3 Å². The van der Waals surface area contributed by atoms with Gasteiger partial charge < -0.3 is 30.0 Å². The third-order valence-corrected chi connectivity index (χ3v) is 7.35. The highest BCUT2D eigenvalue weighted by atomic mass is 16.6. The van der Waals surface area contributed by atoms with Crippen molar-refractivity contribution >= 4 is 12.0 Å². The van der Waals surface area contributed by atoms with Crippen LogP contribution >= 0.6 is 0 Å². The fourth-order valence-electron chi connectivity index (χ4n) is 5.23. The lowest BCUT2D eigenvalue weighted by Gasteiger charge is -2.41. The zero-order chi connectivity index (χ0) is 29.2. The molecule has 10 heteroatoms. The summed E-state index contributed by atoms with van der Waals surface area (Å²) in [7, 11) is 0. The van der Waals surface area contributed by atoms with Crippen LogP contribution in [-0.2, 0) is 32.0 Å². The molecule has 2 fully saturated rings. The Balaban J connectivity index is 1.44. The van der Waals surface area contributed by atoms with Gasteiger partial charge in [0, 0.05) is 37.4 Å². The number of aliphatic hydroxyl groups excluding tert-OH is 1. The van der Waals surface area contributed by atoms with E-state index in [9.17, 15) is 14.7 Å². The normalized spacial score (nSPS) is 23.0. The molecule has 224 valence electrons. The summed E-state index contributed by atoms with van der Waals surface area (Å²) < 4.78 is 17.0. The molecule has 2 saturated heterocycles. The first-order valence-corrected chi connectivity index (χ1v) is 14.5. The van der Waals surface area contributed by atoms with Crippen LogP contribution in [0.5, 0.6) is 0 Å². The van der Waals surface area contributed by atoms with Crippen molar-refractivity contribution < 1.29 is 28.9 Å². The Hall–Kier alpha value is -3.05. The standard InChI is InChI=1S/C31H44N4O6/c1-31(2,3)34-29(37)27-18-24(40-20-23-9-13-32-14-10-23)11-15-35(27)19-28(36)26(17-22-7-5-4-6-8-22)33-30(38)41-25-12-16-39-21-25/h4-10,13-14,24-28,36H,11-12,15-21H2,1-3H3,(H,33,38)(H,34,37)/t24-,25+,26+,27+,28-/m1/s1. The molecule has 1 aromatic carbocycles. The van der Waals surface area contributed by atoms with E-state index >= 15 is 0 Å². The summed E-state index contributed by atoms with van der Waals surface area (Å²) in [6, 6.07) is 12.4. The number of ether oxygens (including phenoxy) is 3. The van der Waals surface area contributed by atoms with Crippen LogP contribution in [0.3, 0.4) is 0 Å². The Kier molecular flexibility index (Phi) is 11.1. The quantitative estimate of drug-likeness (QED) is 0.378. The average molecular weight is 569 g/mol. The van der Waals surface area contributed by atoms with E-state index in [1.165, 1.54) is 0 Å². The molecule has 0 spiro atoms. The van der Waals surface area contributed by atoms with E-state index in [0.717, 1.165) is 17.5 Å². The number of carbonyl (C=O) groups excluding carboxylic acids is 2. The van der Waals surface area contributed by atoms with Gasteiger partial charge in [0.25, 0.3) is 0 Å². The number of piperidine rings is 1. The number of carbonyl (C=O) groups is 2. The summed E-state index contributed by atoms with van der Waals surface area (Å²) in [5.74, 6) is -0.102. The van der Waals surface area contributed by atoms with Crippen LogP contribution < -0.4 is 10.6 Å². The smallest absolute Gasteiger partial charge is 0.407 e. The second-order valence-corrected chi connectivity index (χ2v) is 12.0. The largest absolute Gasteiger partial charge is 0.444 e. The van der Waals surface area contributed by atoms with E-state index in [0.29, 0.717) is 45.6 Å². The third kappa shape index (κ3) is 10.1. The summed E-state index contributed by atoms with van der Waals surface area (Å²) in [6.45, 7) is 8.02. The number of alkyl carbamates (subject to hydrolysis) is 1. The molecular formula is C31H44N4O6. The predicted molar refractivity (Wildman–Crippen MR) is 154 cm³/mol. The lowest BCUT2D eigenvalue weighted by atomic mass is 9.95. The number of aromatic nitrogens is 1. The number of β-amino-alcohol motifs (C(OH)–C–C–N with tert-alkyl or cyclic N) is 1. The van der Waals surface area contributed by atoms with E-state index in [1.54, 1.807) is 12.4 Å². The maximum atomic E-state index is 13.5. The first kappa shape index (κ1) is 30.9. The molecule has 10 nitrogen and oxygen atoms in total. The molecule has 4 rings (SSSR count). The van der Waals surface area contributed by atoms with Gasteiger partial charge in [-0.2, -0.15) is 0 Å². The van der Waals surface area contributed by atoms with E-state index in [-0.39, 0.29) is 24.7 Å². The molecule has 5 atom stereocenters. The van der Waals surface area contributed by atoms with Gasteiger partial charge in [0.05, 0.1) is 44.1 Å². The molecule has 3 heterocycles. The number of pyridine rings is 1. The summed E-state index contributed by atoms with van der Waals surface area (Å²) in [4.78, 5) is 32.3. The van der Waals surface area contributed by atoms with Crippen LogP contribution in [0.15, 0.2) is 54.9 Å². The summed E-state index contributed by atoms with van der Waals surface area (Å²) in [5, 5.41) is 17.5. The average Bonchev–Trinajstić information content (AvgIpc) is 3.45. The van der Waals surface area contributed by atoms with Gasteiger partial charge in [-0.1, -0.05) is 30.3 Å². The maximum absolute atomic E-state index is 13.5. The number of aliphatic hydroxyl groups is 1. The van der Waals surface area contributed by atoms with Crippen molar-refractivity contribution in [2.24, 2.45) is 0 Å². The minimum absolute atomic E-state index is 0.102. The predicted octanol–water partition coefficient (Wildman–Crippen LogP) is 2.83. The summed E-state index contributed by atoms with van der Waals surface area (Å²) >= 11 is 0. The molecular weight excluding hydrogens is 524 g/mol. The molecule has 2 aliphatic rings. The third-order valence-electron chi connectivity index (χ3n) is 7.35. The SMILES string of the molecule is CC(C)(C)NC(=O)[C@@H]1C[C@H](OCc2ccncc2)CCN1C[C@@H](O)[C@H](Cc1ccccc1)NC(=O)O[C@H]1CCOC1. The number of likely N-dealkylation sites (tertiary alicyclic amines) is 1. The fourth-order valence-corrected chi connectivity index (χ4v) is 5.23. The first-order valence-electron chi connectivity index (χ1n) is 14.5. The molecule has 0 aliphatic carbocycles. The molecule has 3 N–H and O–H groups in total. The second-order valence-electron chi connectivity index (χ2n) is 12.0. The topological polar surface area (TPSA) is 122 Å². The number of hydrogen-bond acceptors (Lipinski definition) is 8. The number of amides is 2. The van der Waals surface area contributed by atoms with Gasteiger partial charge in [-0.05, 0) is 63.3 Å². The van der Waals surface area contributed by atoms with Crippen molar-refractivity contribution in [2.45, 2.75) is 89.0 Å². The highest BCUT2D eigenvalue weighted by Crippen LogP contribution is 2.23. The van der Waals surface area contributed by atoms with Gasteiger partial charge in [0.2, 0.25) is 5.91 Å². The highest BCUT2D eigenvalue weighted by Gasteiger charge is 2.37. The van der Waals surface area contributed by atoms with Crippen LogP contribution in [0.2, 0.25) is 0 Å². The molecule has 41 heavy (non-hydrogen) atoms. The van der Waals surface area contributed by atoms with Gasteiger partial charge in [0.15, 0.2) is 0 Å². The molecule has 0 bridgehead atoms. The number of nitrogens with one attached hydrogen (secondary N) is 2. The van der Waals surface area contributed by atoms with Crippen LogP contribution in [0, 0.1) is 0 Å². The number of nitrogens with zero attached hydrogens (tertiary/aromatic N) is 2. The Labute approximate surface area is 242 Å². The van der Waals surface area contributed by atoms with E-state index in [2.05, 4.69) is 15.6 Å². The minimum Gasteiger partial charge on any atom is -0.444 e. The van der Waals surface area contributed by atoms with Gasteiger partial charge in [-0.15, -0.1) is 0 Å². The Morgan fingerprint density at radius 3 is 2.54 bits per heavy atom. The van der Waals surface area contributed by atoms with Crippen LogP contribution in [0.1, 0.15) is 51.2 Å². The Morgan fingerprint density at radius 2 is 1.85 bits per heavy atom. The number of rotatable bonds is 11. The van der Waals surface area contributed by atoms with Crippen LogP contribution in [0.4, 0.5) is 4.79 Å². The van der Waals surface area contributed by atoms with Crippen LogP contribution in [-0.4, -0.2) is 89.2 Å². The van der Waals surface area contributed by atoms with Crippen molar-refractivity contribution in [1.82, 2.24) is 20.5 Å². The van der Waals surface area contributed by atoms with Crippen molar-refractivity contribution in [3.63, 3.8) is 0 Å². The van der Waals surface area contributed by atoms with Gasteiger partial charge in [-0.3, -0.25) is 14.7 Å². The molecule has 2 aromatic rings. The zero-order valence-electron chi connectivity index (χ0n) is 24.3. The molecule has 2 aliphatic heterocycles. The fraction of sp³-hybridized carbons (Fsp3) is 0.581. The second kappa shape index (κ2) is 14.7.